The van der Waals surface area contributed by atoms with Gasteiger partial charge in [0.15, 0.2) is 0 Å². The molecule has 26 heavy (non-hydrogen) atoms. The first-order chi connectivity index (χ1) is 12.3. The van der Waals surface area contributed by atoms with Crippen molar-refractivity contribution in [2.75, 3.05) is 0 Å². The molecule has 4 aliphatic rings. The van der Waals surface area contributed by atoms with Crippen molar-refractivity contribution in [2.24, 2.45) is 16.7 Å². The Labute approximate surface area is 151 Å². The van der Waals surface area contributed by atoms with E-state index >= 15 is 0 Å². The van der Waals surface area contributed by atoms with Gasteiger partial charge in [-0.15, -0.1) is 0 Å². The van der Waals surface area contributed by atoms with Crippen molar-refractivity contribution in [2.45, 2.75) is 57.3 Å². The van der Waals surface area contributed by atoms with Crippen molar-refractivity contribution in [3.63, 3.8) is 0 Å². The number of ether oxygens (including phenoxy) is 2. The lowest BCUT2D eigenvalue weighted by atomic mass is 9.44. The molecule has 5 rings (SSSR count). The SMILES string of the molecule is CC12C3=CCCC1C1(CC(c4ccoc4)OC1=O)C(C)(O)CC2OC3=O. The first-order valence-electron chi connectivity index (χ1n) is 9.18. The second kappa shape index (κ2) is 4.80. The number of carbonyl (C=O) groups excluding carboxylic acids is 2. The van der Waals surface area contributed by atoms with E-state index in [1.165, 1.54) is 0 Å². The van der Waals surface area contributed by atoms with Crippen molar-refractivity contribution in [1.82, 2.24) is 0 Å². The van der Waals surface area contributed by atoms with Crippen molar-refractivity contribution in [3.8, 4) is 0 Å². The van der Waals surface area contributed by atoms with Gasteiger partial charge in [-0.05, 0) is 31.7 Å². The quantitative estimate of drug-likeness (QED) is 0.777. The Hall–Kier alpha value is -2.08. The van der Waals surface area contributed by atoms with Crippen LogP contribution >= 0.6 is 0 Å². The summed E-state index contributed by atoms with van der Waals surface area (Å²) < 4.78 is 16.5. The van der Waals surface area contributed by atoms with Gasteiger partial charge >= 0.3 is 11.9 Å². The lowest BCUT2D eigenvalue weighted by Gasteiger charge is -2.58. The molecule has 0 aromatic carbocycles. The number of fused-ring (bicyclic) bond motifs is 1. The van der Waals surface area contributed by atoms with Crippen LogP contribution in [0.4, 0.5) is 0 Å². The summed E-state index contributed by atoms with van der Waals surface area (Å²) >= 11 is 0. The molecule has 1 saturated carbocycles. The highest BCUT2D eigenvalue weighted by molar-refractivity contribution is 5.94. The van der Waals surface area contributed by atoms with E-state index in [1.54, 1.807) is 25.5 Å². The van der Waals surface area contributed by atoms with Gasteiger partial charge in [-0.1, -0.05) is 13.0 Å². The minimum Gasteiger partial charge on any atom is -0.472 e. The van der Waals surface area contributed by atoms with Gasteiger partial charge in [-0.25, -0.2) is 4.79 Å². The molecule has 1 N–H and O–H groups in total. The molecule has 3 heterocycles. The summed E-state index contributed by atoms with van der Waals surface area (Å²) in [6, 6.07) is 1.79. The molecule has 3 fully saturated rings. The summed E-state index contributed by atoms with van der Waals surface area (Å²) in [6.45, 7) is 3.70. The van der Waals surface area contributed by atoms with Crippen molar-refractivity contribution in [3.05, 3.63) is 35.8 Å². The summed E-state index contributed by atoms with van der Waals surface area (Å²) in [4.78, 5) is 25.6. The second-order valence-corrected chi connectivity index (χ2v) is 8.53. The predicted molar refractivity (Wildman–Crippen MR) is 88.6 cm³/mol. The Balaban J connectivity index is 1.65. The average molecular weight is 358 g/mol. The van der Waals surface area contributed by atoms with E-state index in [2.05, 4.69) is 0 Å². The minimum atomic E-state index is -1.31. The standard InChI is InChI=1S/C20H22O6/c1-18(23)9-15-19(2)12(16(21)26-15)4-3-5-14(19)20(18)8-13(25-17(20)22)11-6-7-24-10-11/h4,6-7,10,13-15,23H,3,5,8-9H2,1-2H3. The molecule has 2 saturated heterocycles. The Morgan fingerprint density at radius 2 is 2.00 bits per heavy atom. The molecule has 1 aromatic rings. The highest BCUT2D eigenvalue weighted by Crippen LogP contribution is 2.69. The Kier molecular flexibility index (Phi) is 2.97. The molecule has 2 aliphatic heterocycles. The molecule has 1 aromatic heterocycles. The molecule has 6 unspecified atom stereocenters. The molecule has 6 atom stereocenters. The molecular formula is C20H22O6. The number of cyclic esters (lactones) is 1. The van der Waals surface area contributed by atoms with Gasteiger partial charge in [0, 0.05) is 29.4 Å². The maximum atomic E-state index is 13.2. The summed E-state index contributed by atoms with van der Waals surface area (Å²) in [5, 5.41) is 11.4. The number of furan rings is 1. The Morgan fingerprint density at radius 3 is 2.73 bits per heavy atom. The van der Waals surface area contributed by atoms with Crippen LogP contribution in [0.5, 0.6) is 0 Å². The smallest absolute Gasteiger partial charge is 0.334 e. The second-order valence-electron chi connectivity index (χ2n) is 8.53. The third kappa shape index (κ3) is 1.66. The summed E-state index contributed by atoms with van der Waals surface area (Å²) in [6.07, 6.45) is 6.25. The normalized spacial score (nSPS) is 46.7. The third-order valence-electron chi connectivity index (χ3n) is 7.42. The first kappa shape index (κ1) is 16.1. The maximum absolute atomic E-state index is 13.2. The monoisotopic (exact) mass is 358 g/mol. The Bertz CT molecular complexity index is 821. The third-order valence-corrected chi connectivity index (χ3v) is 7.42. The van der Waals surface area contributed by atoms with Crippen LogP contribution in [0.1, 0.15) is 51.2 Å². The largest absolute Gasteiger partial charge is 0.472 e. The number of allylic oxidation sites excluding steroid dienone is 1. The molecule has 6 heteroatoms. The highest BCUT2D eigenvalue weighted by Gasteiger charge is 2.75. The number of aliphatic hydroxyl groups is 1. The molecule has 1 spiro atoms. The van der Waals surface area contributed by atoms with Crippen LogP contribution < -0.4 is 0 Å². The Morgan fingerprint density at radius 1 is 1.19 bits per heavy atom. The summed E-state index contributed by atoms with van der Waals surface area (Å²) in [5.74, 6) is -0.897. The van der Waals surface area contributed by atoms with Crippen LogP contribution in [-0.4, -0.2) is 28.8 Å². The molecular weight excluding hydrogens is 336 g/mol. The van der Waals surface area contributed by atoms with Crippen molar-refractivity contribution in [1.29, 1.82) is 0 Å². The van der Waals surface area contributed by atoms with Crippen LogP contribution in [0, 0.1) is 16.7 Å². The molecule has 2 aliphatic carbocycles. The summed E-state index contributed by atoms with van der Waals surface area (Å²) in [7, 11) is 0. The fourth-order valence-electron chi connectivity index (χ4n) is 6.07. The predicted octanol–water partition coefficient (Wildman–Crippen LogP) is 2.68. The van der Waals surface area contributed by atoms with Crippen LogP contribution in [-0.2, 0) is 19.1 Å². The van der Waals surface area contributed by atoms with Crippen LogP contribution in [0.15, 0.2) is 34.7 Å². The lowest BCUT2D eigenvalue weighted by molar-refractivity contribution is -0.207. The van der Waals surface area contributed by atoms with Crippen molar-refractivity contribution >= 4 is 11.9 Å². The molecule has 138 valence electrons. The fraction of sp³-hybridized carbons (Fsp3) is 0.600. The number of hydrogen-bond donors (Lipinski definition) is 1. The van der Waals surface area contributed by atoms with E-state index in [1.807, 2.05) is 13.0 Å². The van der Waals surface area contributed by atoms with Crippen LogP contribution in [0.25, 0.3) is 0 Å². The van der Waals surface area contributed by atoms with E-state index < -0.39 is 28.6 Å². The van der Waals surface area contributed by atoms with Gasteiger partial charge in [0.1, 0.15) is 17.6 Å². The van der Waals surface area contributed by atoms with Gasteiger partial charge in [0.05, 0.1) is 18.1 Å². The minimum absolute atomic E-state index is 0.209. The highest BCUT2D eigenvalue weighted by atomic mass is 16.6. The number of hydrogen-bond acceptors (Lipinski definition) is 6. The van der Waals surface area contributed by atoms with Gasteiger partial charge in [0.2, 0.25) is 0 Å². The van der Waals surface area contributed by atoms with E-state index in [9.17, 15) is 14.7 Å². The summed E-state index contributed by atoms with van der Waals surface area (Å²) in [5.41, 5.74) is -1.49. The zero-order valence-corrected chi connectivity index (χ0v) is 14.9. The average Bonchev–Trinajstić information content (AvgIpc) is 3.26. The molecule has 0 amide bonds. The van der Waals surface area contributed by atoms with Crippen LogP contribution in [0.3, 0.4) is 0 Å². The van der Waals surface area contributed by atoms with Crippen molar-refractivity contribution < 1.29 is 28.6 Å². The number of carbonyl (C=O) groups is 2. The number of rotatable bonds is 1. The topological polar surface area (TPSA) is 86.0 Å². The van der Waals surface area contributed by atoms with E-state index in [4.69, 9.17) is 13.9 Å². The van der Waals surface area contributed by atoms with Gasteiger partial charge in [-0.2, -0.15) is 0 Å². The zero-order chi connectivity index (χ0) is 18.3. The fourth-order valence-corrected chi connectivity index (χ4v) is 6.07. The maximum Gasteiger partial charge on any atom is 0.334 e. The van der Waals surface area contributed by atoms with E-state index in [-0.39, 0.29) is 24.3 Å². The zero-order valence-electron chi connectivity index (χ0n) is 14.9. The van der Waals surface area contributed by atoms with Gasteiger partial charge in [0.25, 0.3) is 0 Å². The van der Waals surface area contributed by atoms with Gasteiger partial charge in [-0.3, -0.25) is 4.79 Å². The van der Waals surface area contributed by atoms with Crippen LogP contribution in [0.2, 0.25) is 0 Å². The van der Waals surface area contributed by atoms with E-state index in [0.717, 1.165) is 12.0 Å². The number of esters is 2. The molecule has 0 bridgehead atoms. The molecule has 0 radical (unpaired) electrons. The lowest BCUT2D eigenvalue weighted by Crippen LogP contribution is -2.65. The first-order valence-corrected chi connectivity index (χ1v) is 9.18. The van der Waals surface area contributed by atoms with Gasteiger partial charge < -0.3 is 19.0 Å². The van der Waals surface area contributed by atoms with E-state index in [0.29, 0.717) is 18.4 Å². The molecule has 6 nitrogen and oxygen atoms in total.